The van der Waals surface area contributed by atoms with Crippen LogP contribution in [0.15, 0.2) is 18.2 Å². The number of methoxy groups -OCH3 is 1. The van der Waals surface area contributed by atoms with E-state index in [2.05, 4.69) is 6.92 Å². The molecule has 0 bridgehead atoms. The van der Waals surface area contributed by atoms with E-state index in [9.17, 15) is 5.11 Å². The van der Waals surface area contributed by atoms with E-state index < -0.39 is 0 Å². The summed E-state index contributed by atoms with van der Waals surface area (Å²) >= 11 is 7.72. The minimum Gasteiger partial charge on any atom is -0.496 e. The molecule has 0 saturated heterocycles. The second-order valence-electron chi connectivity index (χ2n) is 3.89. The van der Waals surface area contributed by atoms with Gasteiger partial charge in [0.2, 0.25) is 0 Å². The zero-order valence-corrected chi connectivity index (χ0v) is 11.9. The molecule has 1 aromatic carbocycles. The highest BCUT2D eigenvalue weighted by atomic mass is 35.5. The Morgan fingerprint density at radius 2 is 2.24 bits per heavy atom. The number of ether oxygens (including phenoxy) is 1. The molecule has 0 fully saturated rings. The Labute approximate surface area is 112 Å². The molecule has 0 aliphatic rings. The monoisotopic (exact) mass is 274 g/mol. The lowest BCUT2D eigenvalue weighted by atomic mass is 10.1. The van der Waals surface area contributed by atoms with Gasteiger partial charge in [-0.15, -0.1) is 0 Å². The predicted molar refractivity (Wildman–Crippen MR) is 75.3 cm³/mol. The maximum Gasteiger partial charge on any atom is 0.122 e. The van der Waals surface area contributed by atoms with Gasteiger partial charge in [-0.25, -0.2) is 0 Å². The fraction of sp³-hybridized carbons (Fsp3) is 0.538. The summed E-state index contributed by atoms with van der Waals surface area (Å²) < 4.78 is 5.25. The molecule has 1 aromatic rings. The molecule has 2 nitrogen and oxygen atoms in total. The molecular weight excluding hydrogens is 256 g/mol. The van der Waals surface area contributed by atoms with Crippen LogP contribution in [0.3, 0.4) is 0 Å². The van der Waals surface area contributed by atoms with Crippen molar-refractivity contribution in [3.63, 3.8) is 0 Å². The molecule has 0 spiro atoms. The van der Waals surface area contributed by atoms with Crippen LogP contribution in [0.2, 0.25) is 5.02 Å². The van der Waals surface area contributed by atoms with E-state index in [1.54, 1.807) is 24.9 Å². The average Bonchev–Trinajstić information content (AvgIpc) is 2.29. The maximum atomic E-state index is 9.92. The highest BCUT2D eigenvalue weighted by Crippen LogP contribution is 2.24. The smallest absolute Gasteiger partial charge is 0.122 e. The molecule has 1 unspecified atom stereocenters. The van der Waals surface area contributed by atoms with Crippen LogP contribution >= 0.6 is 23.4 Å². The fourth-order valence-electron chi connectivity index (χ4n) is 1.58. The number of benzene rings is 1. The first kappa shape index (κ1) is 14.7. The Morgan fingerprint density at radius 1 is 1.47 bits per heavy atom. The molecule has 4 heteroatoms. The quantitative estimate of drug-likeness (QED) is 0.773. The van der Waals surface area contributed by atoms with Gasteiger partial charge in [-0.1, -0.05) is 18.5 Å². The summed E-state index contributed by atoms with van der Waals surface area (Å²) in [5, 5.41) is 10.6. The summed E-state index contributed by atoms with van der Waals surface area (Å²) in [6.07, 6.45) is 1.37. The Kier molecular flexibility index (Phi) is 6.78. The van der Waals surface area contributed by atoms with Gasteiger partial charge in [-0.05, 0) is 35.9 Å². The molecule has 0 saturated carbocycles. The summed E-state index contributed by atoms with van der Waals surface area (Å²) in [7, 11) is 1.63. The van der Waals surface area contributed by atoms with Crippen molar-refractivity contribution in [2.45, 2.75) is 25.9 Å². The number of halogens is 1. The first-order chi connectivity index (χ1) is 8.17. The molecule has 17 heavy (non-hydrogen) atoms. The zero-order chi connectivity index (χ0) is 12.7. The molecule has 0 aromatic heterocycles. The molecule has 0 amide bonds. The molecule has 1 rings (SSSR count). The van der Waals surface area contributed by atoms with Crippen molar-refractivity contribution in [1.82, 2.24) is 0 Å². The first-order valence-corrected chi connectivity index (χ1v) is 7.28. The zero-order valence-electron chi connectivity index (χ0n) is 10.3. The van der Waals surface area contributed by atoms with Gasteiger partial charge in [0.15, 0.2) is 0 Å². The van der Waals surface area contributed by atoms with Crippen LogP contribution in [-0.4, -0.2) is 29.8 Å². The van der Waals surface area contributed by atoms with Crippen LogP contribution in [0.1, 0.15) is 18.9 Å². The fourth-order valence-corrected chi connectivity index (χ4v) is 2.62. The summed E-state index contributed by atoms with van der Waals surface area (Å²) in [6, 6.07) is 5.49. The number of rotatable bonds is 7. The predicted octanol–water partition coefficient (Wildman–Crippen LogP) is 3.40. The van der Waals surface area contributed by atoms with E-state index in [-0.39, 0.29) is 6.10 Å². The van der Waals surface area contributed by atoms with Crippen LogP contribution in [0.25, 0.3) is 0 Å². The third kappa shape index (κ3) is 5.19. The van der Waals surface area contributed by atoms with Crippen molar-refractivity contribution in [3.8, 4) is 5.75 Å². The topological polar surface area (TPSA) is 29.5 Å². The van der Waals surface area contributed by atoms with Gasteiger partial charge < -0.3 is 9.84 Å². The van der Waals surface area contributed by atoms with Gasteiger partial charge in [0.1, 0.15) is 5.75 Å². The van der Waals surface area contributed by atoms with Crippen LogP contribution in [0, 0.1) is 0 Å². The molecular formula is C13H19ClO2S. The van der Waals surface area contributed by atoms with E-state index >= 15 is 0 Å². The molecule has 1 N–H and O–H groups in total. The van der Waals surface area contributed by atoms with E-state index in [1.165, 1.54) is 0 Å². The van der Waals surface area contributed by atoms with E-state index in [1.807, 2.05) is 12.1 Å². The van der Waals surface area contributed by atoms with Gasteiger partial charge in [0.05, 0.1) is 13.2 Å². The molecule has 0 radical (unpaired) electrons. The van der Waals surface area contributed by atoms with Crippen molar-refractivity contribution < 1.29 is 9.84 Å². The third-order valence-electron chi connectivity index (χ3n) is 2.36. The molecule has 1 atom stereocenters. The van der Waals surface area contributed by atoms with Crippen molar-refractivity contribution >= 4 is 23.4 Å². The second-order valence-corrected chi connectivity index (χ2v) is 5.48. The van der Waals surface area contributed by atoms with Gasteiger partial charge in [0.25, 0.3) is 0 Å². The lowest BCUT2D eigenvalue weighted by Crippen LogP contribution is -2.14. The largest absolute Gasteiger partial charge is 0.496 e. The number of hydrogen-bond acceptors (Lipinski definition) is 3. The third-order valence-corrected chi connectivity index (χ3v) is 3.91. The first-order valence-electron chi connectivity index (χ1n) is 5.75. The number of aliphatic hydroxyl groups excluding tert-OH is 1. The van der Waals surface area contributed by atoms with Crippen LogP contribution in [-0.2, 0) is 6.42 Å². The van der Waals surface area contributed by atoms with Gasteiger partial charge >= 0.3 is 0 Å². The minimum atomic E-state index is -0.348. The average molecular weight is 275 g/mol. The lowest BCUT2D eigenvalue weighted by molar-refractivity contribution is 0.199. The number of aliphatic hydroxyl groups is 1. The molecule has 96 valence electrons. The van der Waals surface area contributed by atoms with Gasteiger partial charge in [0, 0.05) is 17.2 Å². The van der Waals surface area contributed by atoms with E-state index in [0.29, 0.717) is 11.4 Å². The van der Waals surface area contributed by atoms with E-state index in [4.69, 9.17) is 16.3 Å². The maximum absolute atomic E-state index is 9.92. The SMILES string of the molecule is CCCSCC(O)Cc1cc(Cl)ccc1OC. The van der Waals surface area contributed by atoms with Crippen molar-refractivity contribution in [2.75, 3.05) is 18.6 Å². The van der Waals surface area contributed by atoms with Crippen LogP contribution in [0.4, 0.5) is 0 Å². The summed E-state index contributed by atoms with van der Waals surface area (Å²) in [5.74, 6) is 2.63. The number of thioether (sulfide) groups is 1. The van der Waals surface area contributed by atoms with Crippen LogP contribution < -0.4 is 4.74 Å². The van der Waals surface area contributed by atoms with Crippen molar-refractivity contribution in [1.29, 1.82) is 0 Å². The lowest BCUT2D eigenvalue weighted by Gasteiger charge is -2.13. The summed E-state index contributed by atoms with van der Waals surface area (Å²) in [5.41, 5.74) is 0.963. The summed E-state index contributed by atoms with van der Waals surface area (Å²) in [6.45, 7) is 2.14. The van der Waals surface area contributed by atoms with Crippen LogP contribution in [0.5, 0.6) is 5.75 Å². The highest BCUT2D eigenvalue weighted by Gasteiger charge is 2.10. The summed E-state index contributed by atoms with van der Waals surface area (Å²) in [4.78, 5) is 0. The number of hydrogen-bond donors (Lipinski definition) is 1. The van der Waals surface area contributed by atoms with E-state index in [0.717, 1.165) is 29.2 Å². The van der Waals surface area contributed by atoms with Crippen molar-refractivity contribution in [2.24, 2.45) is 0 Å². The normalized spacial score (nSPS) is 12.5. The Morgan fingerprint density at radius 3 is 2.88 bits per heavy atom. The highest BCUT2D eigenvalue weighted by molar-refractivity contribution is 7.99. The minimum absolute atomic E-state index is 0.348. The Bertz CT molecular complexity index is 344. The van der Waals surface area contributed by atoms with Gasteiger partial charge in [-0.3, -0.25) is 0 Å². The second kappa shape index (κ2) is 7.85. The van der Waals surface area contributed by atoms with Gasteiger partial charge in [-0.2, -0.15) is 11.8 Å². The van der Waals surface area contributed by atoms with Crippen molar-refractivity contribution in [3.05, 3.63) is 28.8 Å². The molecule has 0 aliphatic heterocycles. The Hall–Kier alpha value is -0.380. The molecule has 0 heterocycles. The Balaban J connectivity index is 2.57. The standard InChI is InChI=1S/C13H19ClO2S/c1-3-6-17-9-12(15)8-10-7-11(14)4-5-13(10)16-2/h4-5,7,12,15H,3,6,8-9H2,1-2H3. The molecule has 0 aliphatic carbocycles.